The molecule has 1 aromatic rings. The normalized spacial score (nSPS) is 12.1. The highest BCUT2D eigenvalue weighted by atomic mass is 16.6. The van der Waals surface area contributed by atoms with Crippen molar-refractivity contribution in [3.63, 3.8) is 0 Å². The van der Waals surface area contributed by atoms with Gasteiger partial charge in [-0.05, 0) is 19.1 Å². The van der Waals surface area contributed by atoms with Gasteiger partial charge in [-0.25, -0.2) is 0 Å². The second kappa shape index (κ2) is 7.87. The van der Waals surface area contributed by atoms with Gasteiger partial charge in [0.25, 0.3) is 0 Å². The summed E-state index contributed by atoms with van der Waals surface area (Å²) in [6.45, 7) is 7.16. The zero-order chi connectivity index (χ0) is 12.5. The molecule has 0 heterocycles. The fourth-order valence-corrected chi connectivity index (χ4v) is 1.29. The van der Waals surface area contributed by atoms with E-state index >= 15 is 0 Å². The Morgan fingerprint density at radius 1 is 1.24 bits per heavy atom. The Balaban J connectivity index is 2.31. The fraction of sp³-hybridized carbons (Fsp3) is 0.429. The van der Waals surface area contributed by atoms with Crippen molar-refractivity contribution in [1.82, 2.24) is 0 Å². The van der Waals surface area contributed by atoms with Gasteiger partial charge in [0, 0.05) is 7.11 Å². The Labute approximate surface area is 103 Å². The number of aryl methyl sites for hydroxylation is 1. The van der Waals surface area contributed by atoms with Gasteiger partial charge in [-0.1, -0.05) is 23.8 Å². The molecule has 0 fully saturated rings. The number of methoxy groups -OCH3 is 1. The zero-order valence-electron chi connectivity index (χ0n) is 10.5. The standard InChI is InChI=1S/C14H20O3/c1-4-9-16-10-14(15-3)11-17-13-7-5-12(2)6-8-13/h4-8,14H,1,9-11H2,2-3H3. The van der Waals surface area contributed by atoms with E-state index < -0.39 is 0 Å². The van der Waals surface area contributed by atoms with Crippen LogP contribution in [0.1, 0.15) is 5.56 Å². The summed E-state index contributed by atoms with van der Waals surface area (Å²) in [5.74, 6) is 0.848. The quantitative estimate of drug-likeness (QED) is 0.513. The first-order valence-electron chi connectivity index (χ1n) is 5.67. The Hall–Kier alpha value is -1.32. The number of benzene rings is 1. The van der Waals surface area contributed by atoms with Crippen molar-refractivity contribution in [2.75, 3.05) is 26.9 Å². The predicted octanol–water partition coefficient (Wildman–Crippen LogP) is 2.59. The maximum atomic E-state index is 5.61. The highest BCUT2D eigenvalue weighted by Gasteiger charge is 2.08. The number of rotatable bonds is 8. The molecule has 3 nitrogen and oxygen atoms in total. The molecule has 0 N–H and O–H groups in total. The maximum absolute atomic E-state index is 5.61. The van der Waals surface area contributed by atoms with Crippen molar-refractivity contribution in [3.8, 4) is 5.75 Å². The average molecular weight is 236 g/mol. The molecule has 0 saturated carbocycles. The molecule has 1 aromatic carbocycles. The Kier molecular flexibility index (Phi) is 6.37. The van der Waals surface area contributed by atoms with Crippen LogP contribution >= 0.6 is 0 Å². The molecule has 17 heavy (non-hydrogen) atoms. The summed E-state index contributed by atoms with van der Waals surface area (Å²) in [5.41, 5.74) is 1.22. The Morgan fingerprint density at radius 2 is 1.94 bits per heavy atom. The van der Waals surface area contributed by atoms with E-state index in [1.54, 1.807) is 13.2 Å². The molecule has 94 valence electrons. The first kappa shape index (κ1) is 13.7. The molecule has 0 radical (unpaired) electrons. The molecular weight excluding hydrogens is 216 g/mol. The van der Waals surface area contributed by atoms with Gasteiger partial charge >= 0.3 is 0 Å². The van der Waals surface area contributed by atoms with Crippen LogP contribution in [0.5, 0.6) is 5.75 Å². The Morgan fingerprint density at radius 3 is 2.53 bits per heavy atom. The van der Waals surface area contributed by atoms with E-state index in [9.17, 15) is 0 Å². The van der Waals surface area contributed by atoms with Crippen molar-refractivity contribution in [2.45, 2.75) is 13.0 Å². The van der Waals surface area contributed by atoms with Gasteiger partial charge in [-0.3, -0.25) is 0 Å². The first-order chi connectivity index (χ1) is 8.26. The van der Waals surface area contributed by atoms with E-state index in [1.807, 2.05) is 31.2 Å². The van der Waals surface area contributed by atoms with Gasteiger partial charge in [-0.2, -0.15) is 0 Å². The zero-order valence-corrected chi connectivity index (χ0v) is 10.5. The summed E-state index contributed by atoms with van der Waals surface area (Å²) in [5, 5.41) is 0. The third-order valence-corrected chi connectivity index (χ3v) is 2.33. The molecule has 3 heteroatoms. The van der Waals surface area contributed by atoms with E-state index in [2.05, 4.69) is 6.58 Å². The number of ether oxygens (including phenoxy) is 3. The van der Waals surface area contributed by atoms with Crippen LogP contribution in [0.25, 0.3) is 0 Å². The van der Waals surface area contributed by atoms with Gasteiger partial charge < -0.3 is 14.2 Å². The minimum atomic E-state index is -0.0590. The summed E-state index contributed by atoms with van der Waals surface area (Å²) in [7, 11) is 1.65. The van der Waals surface area contributed by atoms with Gasteiger partial charge in [0.15, 0.2) is 0 Å². The SMILES string of the molecule is C=CCOCC(COc1ccc(C)cc1)OC. The molecule has 1 atom stereocenters. The molecule has 0 aliphatic rings. The maximum Gasteiger partial charge on any atom is 0.119 e. The molecule has 0 aliphatic heterocycles. The summed E-state index contributed by atoms with van der Waals surface area (Å²) in [6.07, 6.45) is 1.66. The van der Waals surface area contributed by atoms with Crippen molar-refractivity contribution < 1.29 is 14.2 Å². The topological polar surface area (TPSA) is 27.7 Å². The monoisotopic (exact) mass is 236 g/mol. The average Bonchev–Trinajstić information content (AvgIpc) is 2.35. The molecule has 1 unspecified atom stereocenters. The van der Waals surface area contributed by atoms with Gasteiger partial charge in [0.05, 0.1) is 13.2 Å². The van der Waals surface area contributed by atoms with Crippen LogP contribution in [0.2, 0.25) is 0 Å². The lowest BCUT2D eigenvalue weighted by Gasteiger charge is -2.16. The summed E-state index contributed by atoms with van der Waals surface area (Å²) in [4.78, 5) is 0. The van der Waals surface area contributed by atoms with Crippen molar-refractivity contribution in [1.29, 1.82) is 0 Å². The van der Waals surface area contributed by atoms with Crippen molar-refractivity contribution in [2.24, 2.45) is 0 Å². The minimum Gasteiger partial charge on any atom is -0.491 e. The molecular formula is C14H20O3. The molecule has 0 amide bonds. The van der Waals surface area contributed by atoms with Crippen LogP contribution in [0.15, 0.2) is 36.9 Å². The predicted molar refractivity (Wildman–Crippen MR) is 68.5 cm³/mol. The van der Waals surface area contributed by atoms with Gasteiger partial charge in [0.1, 0.15) is 18.5 Å². The summed E-state index contributed by atoms with van der Waals surface area (Å²) in [6, 6.07) is 7.94. The molecule has 0 saturated heterocycles. The molecule has 0 bridgehead atoms. The van der Waals surface area contributed by atoms with Crippen molar-refractivity contribution >= 4 is 0 Å². The van der Waals surface area contributed by atoms with E-state index in [4.69, 9.17) is 14.2 Å². The van der Waals surface area contributed by atoms with Crippen molar-refractivity contribution in [3.05, 3.63) is 42.5 Å². The van der Waals surface area contributed by atoms with E-state index in [-0.39, 0.29) is 6.10 Å². The summed E-state index contributed by atoms with van der Waals surface area (Å²) >= 11 is 0. The second-order valence-electron chi connectivity index (χ2n) is 3.81. The minimum absolute atomic E-state index is 0.0590. The van der Waals surface area contributed by atoms with Crippen LogP contribution in [0.3, 0.4) is 0 Å². The largest absolute Gasteiger partial charge is 0.491 e. The molecule has 0 aliphatic carbocycles. The second-order valence-corrected chi connectivity index (χ2v) is 3.81. The lowest BCUT2D eigenvalue weighted by atomic mass is 10.2. The third kappa shape index (κ3) is 5.52. The summed E-state index contributed by atoms with van der Waals surface area (Å²) < 4.78 is 16.2. The fourth-order valence-electron chi connectivity index (χ4n) is 1.29. The van der Waals surface area contributed by atoms with Crippen LogP contribution < -0.4 is 4.74 Å². The lowest BCUT2D eigenvalue weighted by molar-refractivity contribution is -0.00747. The van der Waals surface area contributed by atoms with Gasteiger partial charge in [-0.15, -0.1) is 6.58 Å². The van der Waals surface area contributed by atoms with Crippen LogP contribution in [0.4, 0.5) is 0 Å². The van der Waals surface area contributed by atoms with E-state index in [1.165, 1.54) is 5.56 Å². The highest BCUT2D eigenvalue weighted by molar-refractivity contribution is 5.26. The van der Waals surface area contributed by atoms with E-state index in [0.717, 1.165) is 5.75 Å². The van der Waals surface area contributed by atoms with E-state index in [0.29, 0.717) is 19.8 Å². The molecule has 0 aromatic heterocycles. The third-order valence-electron chi connectivity index (χ3n) is 2.33. The van der Waals surface area contributed by atoms with Crippen LogP contribution in [0, 0.1) is 6.92 Å². The molecule has 1 rings (SSSR count). The smallest absolute Gasteiger partial charge is 0.119 e. The van der Waals surface area contributed by atoms with Crippen LogP contribution in [-0.2, 0) is 9.47 Å². The first-order valence-corrected chi connectivity index (χ1v) is 5.67. The Bertz CT molecular complexity index is 319. The van der Waals surface area contributed by atoms with Crippen LogP contribution in [-0.4, -0.2) is 33.0 Å². The molecule has 0 spiro atoms. The lowest BCUT2D eigenvalue weighted by Crippen LogP contribution is -2.26. The van der Waals surface area contributed by atoms with Gasteiger partial charge in [0.2, 0.25) is 0 Å². The highest BCUT2D eigenvalue weighted by Crippen LogP contribution is 2.11. The number of hydrogen-bond donors (Lipinski definition) is 0. The number of hydrogen-bond acceptors (Lipinski definition) is 3.